The predicted octanol–water partition coefficient (Wildman–Crippen LogP) is 5.93. The maximum Gasteiger partial charge on any atom is 0.0662 e. The molecule has 0 spiro atoms. The van der Waals surface area contributed by atoms with E-state index in [0.717, 1.165) is 21.8 Å². The lowest BCUT2D eigenvalue weighted by atomic mass is 10.1. The van der Waals surface area contributed by atoms with E-state index in [1.807, 2.05) is 12.1 Å². The van der Waals surface area contributed by atoms with Crippen LogP contribution in [0.2, 0.25) is 20.1 Å². The van der Waals surface area contributed by atoms with E-state index in [9.17, 15) is 0 Å². The molecule has 5 heteroatoms. The molecule has 0 saturated heterocycles. The van der Waals surface area contributed by atoms with Gasteiger partial charge in [0.2, 0.25) is 0 Å². The molecule has 3 aromatic rings. The van der Waals surface area contributed by atoms with Crippen LogP contribution in [-0.4, -0.2) is 4.98 Å². The topological polar surface area (TPSA) is 15.8 Å². The van der Waals surface area contributed by atoms with Gasteiger partial charge >= 0.3 is 0 Å². The Kier molecular flexibility index (Phi) is 2.68. The van der Waals surface area contributed by atoms with Crippen LogP contribution in [0.25, 0.3) is 21.8 Å². The summed E-state index contributed by atoms with van der Waals surface area (Å²) in [7, 11) is 0. The van der Waals surface area contributed by atoms with Crippen molar-refractivity contribution in [3.63, 3.8) is 0 Å². The highest BCUT2D eigenvalue weighted by atomic mass is 35.5. The lowest BCUT2D eigenvalue weighted by Gasteiger charge is -1.96. The fraction of sp³-hybridized carbons (Fsp3) is 0. The van der Waals surface area contributed by atoms with E-state index in [1.54, 1.807) is 12.1 Å². The normalized spacial score (nSPS) is 11.5. The molecule has 17 heavy (non-hydrogen) atoms. The van der Waals surface area contributed by atoms with Crippen molar-refractivity contribution in [3.8, 4) is 0 Å². The average Bonchev–Trinajstić information content (AvgIpc) is 2.58. The number of fused-ring (bicyclic) bond motifs is 3. The van der Waals surface area contributed by atoms with Crippen LogP contribution in [0.3, 0.4) is 0 Å². The van der Waals surface area contributed by atoms with Crippen LogP contribution >= 0.6 is 46.4 Å². The molecule has 0 fully saturated rings. The summed E-state index contributed by atoms with van der Waals surface area (Å²) in [5.41, 5.74) is 1.63. The van der Waals surface area contributed by atoms with Gasteiger partial charge in [0.15, 0.2) is 0 Å². The van der Waals surface area contributed by atoms with Gasteiger partial charge in [-0.15, -0.1) is 0 Å². The van der Waals surface area contributed by atoms with Crippen LogP contribution in [0.15, 0.2) is 24.3 Å². The van der Waals surface area contributed by atoms with Crippen LogP contribution in [0.4, 0.5) is 0 Å². The summed E-state index contributed by atoms with van der Waals surface area (Å²) in [6.07, 6.45) is 0. The molecule has 3 rings (SSSR count). The number of halogens is 4. The number of hydrogen-bond donors (Lipinski definition) is 1. The maximum absolute atomic E-state index is 6.13. The third kappa shape index (κ3) is 1.78. The van der Waals surface area contributed by atoms with Crippen LogP contribution in [0, 0.1) is 0 Å². The third-order valence-corrected chi connectivity index (χ3v) is 3.68. The van der Waals surface area contributed by atoms with Crippen LogP contribution in [0.5, 0.6) is 0 Å². The van der Waals surface area contributed by atoms with E-state index in [0.29, 0.717) is 20.1 Å². The minimum Gasteiger partial charge on any atom is -0.352 e. The van der Waals surface area contributed by atoms with Crippen molar-refractivity contribution in [2.75, 3.05) is 0 Å². The first-order chi connectivity index (χ1) is 8.06. The minimum atomic E-state index is 0.566. The van der Waals surface area contributed by atoms with Crippen molar-refractivity contribution < 1.29 is 0 Å². The zero-order valence-corrected chi connectivity index (χ0v) is 11.3. The van der Waals surface area contributed by atoms with Crippen LogP contribution in [-0.2, 0) is 0 Å². The van der Waals surface area contributed by atoms with Gasteiger partial charge in [-0.25, -0.2) is 0 Å². The second kappa shape index (κ2) is 3.96. The Balaban J connectivity index is 2.60. The Bertz CT molecular complexity index is 683. The summed E-state index contributed by atoms with van der Waals surface area (Å²) in [6.45, 7) is 0. The van der Waals surface area contributed by atoms with Crippen molar-refractivity contribution in [2.45, 2.75) is 0 Å². The molecule has 86 valence electrons. The Morgan fingerprint density at radius 2 is 1.06 bits per heavy atom. The zero-order valence-electron chi connectivity index (χ0n) is 8.32. The number of aromatic nitrogens is 1. The second-order valence-corrected chi connectivity index (χ2v) is 5.43. The smallest absolute Gasteiger partial charge is 0.0662 e. The standard InChI is InChI=1S/C12H5Cl4N/c13-5-1-7-8-2-6(14)4-10(16)12(8)17-11(7)9(15)3-5/h1-4,17H. The molecule has 1 N–H and O–H groups in total. The van der Waals surface area contributed by atoms with Crippen LogP contribution in [0.1, 0.15) is 0 Å². The highest BCUT2D eigenvalue weighted by Crippen LogP contribution is 2.37. The number of rotatable bonds is 0. The molecule has 1 nitrogen and oxygen atoms in total. The number of aromatic amines is 1. The lowest BCUT2D eigenvalue weighted by molar-refractivity contribution is 1.54. The third-order valence-electron chi connectivity index (χ3n) is 2.65. The van der Waals surface area contributed by atoms with Crippen LogP contribution < -0.4 is 0 Å². The highest BCUT2D eigenvalue weighted by Gasteiger charge is 2.11. The second-order valence-electron chi connectivity index (χ2n) is 3.75. The van der Waals surface area contributed by atoms with Gasteiger partial charge in [0, 0.05) is 20.8 Å². The molecule has 0 aliphatic carbocycles. The van der Waals surface area contributed by atoms with Gasteiger partial charge in [-0.1, -0.05) is 46.4 Å². The first kappa shape index (κ1) is 11.5. The van der Waals surface area contributed by atoms with Gasteiger partial charge in [0.05, 0.1) is 21.1 Å². The Morgan fingerprint density at radius 1 is 0.647 bits per heavy atom. The van der Waals surface area contributed by atoms with E-state index >= 15 is 0 Å². The Hall–Kier alpha value is -0.600. The Labute approximate surface area is 117 Å². The quantitative estimate of drug-likeness (QED) is 0.529. The van der Waals surface area contributed by atoms with Crippen molar-refractivity contribution in [2.24, 2.45) is 0 Å². The fourth-order valence-electron chi connectivity index (χ4n) is 1.95. The van der Waals surface area contributed by atoms with Gasteiger partial charge in [0.25, 0.3) is 0 Å². The summed E-state index contributed by atoms with van der Waals surface area (Å²) in [5, 5.41) is 4.13. The summed E-state index contributed by atoms with van der Waals surface area (Å²) in [4.78, 5) is 3.19. The number of benzene rings is 2. The number of H-pyrrole nitrogens is 1. The van der Waals surface area contributed by atoms with Crippen molar-refractivity contribution in [1.82, 2.24) is 4.98 Å². The van der Waals surface area contributed by atoms with Crippen molar-refractivity contribution in [3.05, 3.63) is 44.4 Å². The van der Waals surface area contributed by atoms with E-state index in [-0.39, 0.29) is 0 Å². The summed E-state index contributed by atoms with van der Waals surface area (Å²) in [6, 6.07) is 7.06. The molecule has 0 bridgehead atoms. The maximum atomic E-state index is 6.13. The van der Waals surface area contributed by atoms with Crippen molar-refractivity contribution in [1.29, 1.82) is 0 Å². The van der Waals surface area contributed by atoms with Gasteiger partial charge in [-0.2, -0.15) is 0 Å². The van der Waals surface area contributed by atoms with Gasteiger partial charge in [-0.05, 0) is 24.3 Å². The van der Waals surface area contributed by atoms with Gasteiger partial charge < -0.3 is 4.98 Å². The molecular formula is C12H5Cl4N. The van der Waals surface area contributed by atoms with E-state index in [1.165, 1.54) is 0 Å². The predicted molar refractivity (Wildman–Crippen MR) is 75.8 cm³/mol. The lowest BCUT2D eigenvalue weighted by Crippen LogP contribution is -1.71. The fourth-order valence-corrected chi connectivity index (χ4v) is 3.03. The first-order valence-electron chi connectivity index (χ1n) is 4.82. The molecule has 2 aromatic carbocycles. The molecular weight excluding hydrogens is 300 g/mol. The monoisotopic (exact) mass is 303 g/mol. The summed E-state index contributed by atoms with van der Waals surface area (Å²) >= 11 is 24.3. The molecule has 0 saturated carbocycles. The molecule has 0 radical (unpaired) electrons. The molecule has 0 amide bonds. The van der Waals surface area contributed by atoms with Gasteiger partial charge in [0.1, 0.15) is 0 Å². The molecule has 0 aliphatic heterocycles. The molecule has 1 heterocycles. The summed E-state index contributed by atoms with van der Waals surface area (Å²) < 4.78 is 0. The Morgan fingerprint density at radius 3 is 1.47 bits per heavy atom. The average molecular weight is 305 g/mol. The largest absolute Gasteiger partial charge is 0.352 e. The van der Waals surface area contributed by atoms with E-state index < -0.39 is 0 Å². The minimum absolute atomic E-state index is 0.566. The zero-order chi connectivity index (χ0) is 12.2. The summed E-state index contributed by atoms with van der Waals surface area (Å²) in [5.74, 6) is 0. The number of hydrogen-bond acceptors (Lipinski definition) is 0. The number of nitrogens with one attached hydrogen (secondary N) is 1. The van der Waals surface area contributed by atoms with E-state index in [2.05, 4.69) is 4.98 Å². The first-order valence-corrected chi connectivity index (χ1v) is 6.33. The SMILES string of the molecule is Clc1cc(Cl)c2[nH]c3c(Cl)cc(Cl)cc3c2c1. The highest BCUT2D eigenvalue weighted by molar-refractivity contribution is 6.42. The van der Waals surface area contributed by atoms with E-state index in [4.69, 9.17) is 46.4 Å². The molecule has 0 unspecified atom stereocenters. The van der Waals surface area contributed by atoms with Crippen molar-refractivity contribution >= 4 is 68.2 Å². The molecule has 1 aromatic heterocycles. The van der Waals surface area contributed by atoms with Gasteiger partial charge in [-0.3, -0.25) is 0 Å². The molecule has 0 aliphatic rings. The molecule has 0 atom stereocenters.